The maximum Gasteiger partial charge on any atom is 0.250 e. The van der Waals surface area contributed by atoms with Gasteiger partial charge in [0, 0.05) is 11.4 Å². The molecule has 1 aromatic heterocycles. The maximum atomic E-state index is 11.9. The van der Waals surface area contributed by atoms with Crippen LogP contribution in [0.5, 0.6) is 0 Å². The Morgan fingerprint density at radius 2 is 2.00 bits per heavy atom. The lowest BCUT2D eigenvalue weighted by Gasteiger charge is -2.25. The summed E-state index contributed by atoms with van der Waals surface area (Å²) in [5.41, 5.74) is -0.231. The first-order valence-electron chi connectivity index (χ1n) is 5.87. The highest BCUT2D eigenvalue weighted by Gasteiger charge is 2.23. The summed E-state index contributed by atoms with van der Waals surface area (Å²) in [6.07, 6.45) is -0.113. The van der Waals surface area contributed by atoms with E-state index in [-0.39, 0.29) is 12.0 Å². The van der Waals surface area contributed by atoms with Crippen LogP contribution in [-0.2, 0) is 10.0 Å². The molecule has 0 amide bonds. The summed E-state index contributed by atoms with van der Waals surface area (Å²) in [5.74, 6) is 0. The van der Waals surface area contributed by atoms with Gasteiger partial charge in [-0.25, -0.2) is 13.1 Å². The van der Waals surface area contributed by atoms with E-state index in [2.05, 4.69) is 4.72 Å². The third-order valence-corrected chi connectivity index (χ3v) is 5.64. The molecular weight excluding hydrogens is 270 g/mol. The largest absolute Gasteiger partial charge is 0.393 e. The van der Waals surface area contributed by atoms with Gasteiger partial charge in [0.05, 0.1) is 6.10 Å². The Morgan fingerprint density at radius 1 is 1.39 bits per heavy atom. The summed E-state index contributed by atoms with van der Waals surface area (Å²) >= 11 is 1.25. The van der Waals surface area contributed by atoms with E-state index in [9.17, 15) is 13.5 Å². The molecule has 1 rings (SSSR count). The molecule has 0 aliphatic heterocycles. The number of thiophene rings is 1. The van der Waals surface area contributed by atoms with E-state index in [1.807, 2.05) is 27.7 Å². The number of rotatable bonds is 5. The fourth-order valence-corrected chi connectivity index (χ4v) is 3.77. The van der Waals surface area contributed by atoms with Gasteiger partial charge >= 0.3 is 0 Å². The Bertz CT molecular complexity index is 486. The fraction of sp³-hybridized carbons (Fsp3) is 0.667. The number of nitrogens with one attached hydrogen (secondary N) is 1. The lowest BCUT2D eigenvalue weighted by molar-refractivity contribution is 0.0571. The molecule has 0 fully saturated rings. The minimum absolute atomic E-state index is 0.231. The van der Waals surface area contributed by atoms with E-state index in [0.717, 1.165) is 4.88 Å². The topological polar surface area (TPSA) is 66.4 Å². The van der Waals surface area contributed by atoms with E-state index in [1.54, 1.807) is 12.1 Å². The van der Waals surface area contributed by atoms with Crippen molar-refractivity contribution in [1.29, 1.82) is 0 Å². The van der Waals surface area contributed by atoms with Gasteiger partial charge < -0.3 is 5.11 Å². The molecule has 0 saturated carbocycles. The molecule has 0 unspecified atom stereocenters. The van der Waals surface area contributed by atoms with Crippen LogP contribution in [0.25, 0.3) is 0 Å². The summed E-state index contributed by atoms with van der Waals surface area (Å²) < 4.78 is 26.6. The molecule has 0 aliphatic carbocycles. The molecular formula is C12H21NO3S2. The molecule has 1 heterocycles. The van der Waals surface area contributed by atoms with Crippen molar-refractivity contribution in [2.24, 2.45) is 5.41 Å². The Kier molecular flexibility index (Phi) is 4.94. The number of aryl methyl sites for hydroxylation is 1. The number of hydrogen-bond donors (Lipinski definition) is 2. The van der Waals surface area contributed by atoms with Crippen molar-refractivity contribution in [2.75, 3.05) is 6.54 Å². The monoisotopic (exact) mass is 291 g/mol. The molecule has 0 radical (unpaired) electrons. The first kappa shape index (κ1) is 15.6. The minimum Gasteiger partial charge on any atom is -0.393 e. The van der Waals surface area contributed by atoms with Gasteiger partial charge in [-0.3, -0.25) is 0 Å². The van der Waals surface area contributed by atoms with Crippen LogP contribution in [0.1, 0.15) is 32.1 Å². The first-order valence-corrected chi connectivity index (χ1v) is 8.17. The highest BCUT2D eigenvalue weighted by atomic mass is 32.2. The van der Waals surface area contributed by atoms with Gasteiger partial charge in [0.25, 0.3) is 0 Å². The average molecular weight is 291 g/mol. The lowest BCUT2D eigenvalue weighted by Crippen LogP contribution is -2.32. The highest BCUT2D eigenvalue weighted by molar-refractivity contribution is 7.91. The summed E-state index contributed by atoms with van der Waals surface area (Å²) in [7, 11) is -3.42. The summed E-state index contributed by atoms with van der Waals surface area (Å²) in [6, 6.07) is 3.38. The smallest absolute Gasteiger partial charge is 0.250 e. The molecule has 0 aromatic carbocycles. The van der Waals surface area contributed by atoms with Crippen molar-refractivity contribution < 1.29 is 13.5 Å². The number of aliphatic hydroxyl groups is 1. The van der Waals surface area contributed by atoms with Gasteiger partial charge in [0.2, 0.25) is 10.0 Å². The SMILES string of the molecule is Cc1ccc(S(=O)(=O)NCC[C@H](O)C(C)(C)C)s1. The molecule has 0 aliphatic rings. The standard InChI is InChI=1S/C12H21NO3S2/c1-9-5-6-11(17-9)18(15,16)13-8-7-10(14)12(2,3)4/h5-6,10,13-14H,7-8H2,1-4H3/t10-/m0/s1. The van der Waals surface area contributed by atoms with Gasteiger partial charge in [0.1, 0.15) is 4.21 Å². The van der Waals surface area contributed by atoms with Crippen molar-refractivity contribution >= 4 is 21.4 Å². The Morgan fingerprint density at radius 3 is 2.44 bits per heavy atom. The van der Waals surface area contributed by atoms with Gasteiger partial charge in [-0.05, 0) is 30.9 Å². The molecule has 0 bridgehead atoms. The van der Waals surface area contributed by atoms with Gasteiger partial charge in [-0.2, -0.15) is 0 Å². The Labute approximate surface area is 113 Å². The molecule has 2 N–H and O–H groups in total. The van der Waals surface area contributed by atoms with Crippen LogP contribution < -0.4 is 4.72 Å². The van der Waals surface area contributed by atoms with Crippen LogP contribution in [0.2, 0.25) is 0 Å². The Hall–Kier alpha value is -0.430. The highest BCUT2D eigenvalue weighted by Crippen LogP contribution is 2.22. The number of aliphatic hydroxyl groups excluding tert-OH is 1. The number of hydrogen-bond acceptors (Lipinski definition) is 4. The summed E-state index contributed by atoms with van der Waals surface area (Å²) in [4.78, 5) is 0.963. The molecule has 1 aromatic rings. The second kappa shape index (κ2) is 5.69. The van der Waals surface area contributed by atoms with E-state index in [4.69, 9.17) is 0 Å². The zero-order valence-electron chi connectivity index (χ0n) is 11.2. The molecule has 0 spiro atoms. The third-order valence-electron chi connectivity index (χ3n) is 2.69. The van der Waals surface area contributed by atoms with Crippen molar-refractivity contribution in [1.82, 2.24) is 4.72 Å². The molecule has 104 valence electrons. The average Bonchev–Trinajstić information content (AvgIpc) is 2.63. The van der Waals surface area contributed by atoms with E-state index in [0.29, 0.717) is 10.6 Å². The molecule has 4 nitrogen and oxygen atoms in total. The molecule has 6 heteroatoms. The Balaban J connectivity index is 2.54. The van der Waals surface area contributed by atoms with E-state index in [1.165, 1.54) is 11.3 Å². The van der Waals surface area contributed by atoms with Crippen molar-refractivity contribution in [3.05, 3.63) is 17.0 Å². The second-order valence-electron chi connectivity index (χ2n) is 5.43. The zero-order chi connectivity index (χ0) is 14.0. The normalized spacial score (nSPS) is 14.7. The molecule has 18 heavy (non-hydrogen) atoms. The van der Waals surface area contributed by atoms with Crippen LogP contribution in [0.15, 0.2) is 16.3 Å². The quantitative estimate of drug-likeness (QED) is 0.873. The van der Waals surface area contributed by atoms with Crippen LogP contribution in [0, 0.1) is 12.3 Å². The van der Waals surface area contributed by atoms with Crippen LogP contribution in [0.4, 0.5) is 0 Å². The van der Waals surface area contributed by atoms with Gasteiger partial charge in [0.15, 0.2) is 0 Å². The van der Waals surface area contributed by atoms with Gasteiger partial charge in [-0.15, -0.1) is 11.3 Å². The summed E-state index contributed by atoms with van der Waals surface area (Å²) in [5, 5.41) is 9.83. The van der Waals surface area contributed by atoms with E-state index < -0.39 is 16.1 Å². The second-order valence-corrected chi connectivity index (χ2v) is 8.72. The van der Waals surface area contributed by atoms with Crippen LogP contribution >= 0.6 is 11.3 Å². The first-order chi connectivity index (χ1) is 8.13. The van der Waals surface area contributed by atoms with E-state index >= 15 is 0 Å². The van der Waals surface area contributed by atoms with Crippen LogP contribution in [-0.4, -0.2) is 26.2 Å². The zero-order valence-corrected chi connectivity index (χ0v) is 12.9. The lowest BCUT2D eigenvalue weighted by atomic mass is 9.87. The van der Waals surface area contributed by atoms with Crippen LogP contribution in [0.3, 0.4) is 0 Å². The third kappa shape index (κ3) is 4.35. The minimum atomic E-state index is -3.42. The molecule has 1 atom stereocenters. The van der Waals surface area contributed by atoms with Gasteiger partial charge in [-0.1, -0.05) is 20.8 Å². The van der Waals surface area contributed by atoms with Crippen molar-refractivity contribution in [3.8, 4) is 0 Å². The molecule has 0 saturated heterocycles. The van der Waals surface area contributed by atoms with Crippen molar-refractivity contribution in [2.45, 2.75) is 44.4 Å². The predicted octanol–water partition coefficient (Wildman–Crippen LogP) is 2.13. The number of sulfonamides is 1. The predicted molar refractivity (Wildman–Crippen MR) is 74.3 cm³/mol. The fourth-order valence-electron chi connectivity index (χ4n) is 1.39. The maximum absolute atomic E-state index is 11.9. The van der Waals surface area contributed by atoms with Crippen molar-refractivity contribution in [3.63, 3.8) is 0 Å². The summed E-state index contributed by atoms with van der Waals surface area (Å²) in [6.45, 7) is 7.89.